The predicted molar refractivity (Wildman–Crippen MR) is 76.5 cm³/mol. The van der Waals surface area contributed by atoms with Gasteiger partial charge in [-0.05, 0) is 36.0 Å². The Hall–Kier alpha value is -0.870. The van der Waals surface area contributed by atoms with Gasteiger partial charge in [-0.2, -0.15) is 0 Å². The second-order valence-corrected chi connectivity index (χ2v) is 5.85. The van der Waals surface area contributed by atoms with Crippen molar-refractivity contribution in [1.82, 2.24) is 9.55 Å². The first-order chi connectivity index (χ1) is 8.15. The molecule has 2 aromatic heterocycles. The monoisotopic (exact) mass is 266 g/mol. The first-order valence-electron chi connectivity index (χ1n) is 5.98. The Morgan fingerprint density at radius 3 is 2.76 bits per heavy atom. The number of hydrogen-bond donors (Lipinski definition) is 1. The van der Waals surface area contributed by atoms with Crippen LogP contribution in [-0.2, 0) is 0 Å². The van der Waals surface area contributed by atoms with Crippen LogP contribution in [0.15, 0.2) is 23.7 Å². The van der Waals surface area contributed by atoms with Crippen molar-refractivity contribution in [2.24, 2.45) is 0 Å². The molecule has 0 aliphatic heterocycles. The van der Waals surface area contributed by atoms with Crippen molar-refractivity contribution in [2.45, 2.75) is 39.2 Å². The molecule has 17 heavy (non-hydrogen) atoms. The number of H-pyrrole nitrogens is 1. The Balaban J connectivity index is 2.51. The van der Waals surface area contributed by atoms with E-state index in [9.17, 15) is 0 Å². The lowest BCUT2D eigenvalue weighted by Crippen LogP contribution is -2.12. The molecule has 0 saturated heterocycles. The van der Waals surface area contributed by atoms with E-state index in [1.54, 1.807) is 11.3 Å². The molecule has 0 saturated carbocycles. The second kappa shape index (κ2) is 5.19. The summed E-state index contributed by atoms with van der Waals surface area (Å²) in [6, 6.07) is 4.66. The van der Waals surface area contributed by atoms with E-state index in [0.717, 1.165) is 11.2 Å². The third-order valence-electron chi connectivity index (χ3n) is 3.00. The molecule has 1 atom stereocenters. The molecule has 4 heteroatoms. The third kappa shape index (κ3) is 2.38. The number of aromatic amines is 1. The van der Waals surface area contributed by atoms with Gasteiger partial charge in [-0.15, -0.1) is 11.3 Å². The van der Waals surface area contributed by atoms with Gasteiger partial charge in [-0.3, -0.25) is 0 Å². The Bertz CT molecular complexity index is 520. The highest BCUT2D eigenvalue weighted by Crippen LogP contribution is 2.30. The smallest absolute Gasteiger partial charge is 0.177 e. The summed E-state index contributed by atoms with van der Waals surface area (Å²) < 4.78 is 3.10. The lowest BCUT2D eigenvalue weighted by atomic mass is 10.1. The van der Waals surface area contributed by atoms with E-state index >= 15 is 0 Å². The number of thiophene rings is 1. The fourth-order valence-corrected chi connectivity index (χ4v) is 3.34. The van der Waals surface area contributed by atoms with Crippen molar-refractivity contribution < 1.29 is 0 Å². The summed E-state index contributed by atoms with van der Waals surface area (Å²) in [7, 11) is 0. The van der Waals surface area contributed by atoms with Gasteiger partial charge in [0.1, 0.15) is 0 Å². The summed E-state index contributed by atoms with van der Waals surface area (Å²) in [6.45, 7) is 6.62. The number of nitrogens with zero attached hydrogens (tertiary/aromatic N) is 1. The highest BCUT2D eigenvalue weighted by atomic mass is 32.1. The molecule has 0 aliphatic carbocycles. The van der Waals surface area contributed by atoms with Crippen LogP contribution in [0.5, 0.6) is 0 Å². The number of nitrogens with one attached hydrogen (secondary N) is 1. The van der Waals surface area contributed by atoms with E-state index in [2.05, 4.69) is 47.8 Å². The molecule has 0 aliphatic rings. The number of aromatic nitrogens is 2. The molecule has 0 aromatic carbocycles. The maximum Gasteiger partial charge on any atom is 0.177 e. The molecule has 2 aromatic rings. The standard InChI is InChI=1S/C13H18N2S2/c1-4-10(12-6-5-7-17-12)15-11(9(2)3)8-14-13(15)16/h5-10H,4H2,1-3H3,(H,14,16). The molecule has 2 rings (SSSR count). The largest absolute Gasteiger partial charge is 0.337 e. The fraction of sp³-hybridized carbons (Fsp3) is 0.462. The van der Waals surface area contributed by atoms with E-state index in [1.807, 2.05) is 6.20 Å². The molecule has 2 heterocycles. The van der Waals surface area contributed by atoms with Crippen molar-refractivity contribution in [3.8, 4) is 0 Å². The van der Waals surface area contributed by atoms with Crippen molar-refractivity contribution in [3.05, 3.63) is 39.1 Å². The van der Waals surface area contributed by atoms with Gasteiger partial charge in [0.25, 0.3) is 0 Å². The van der Waals surface area contributed by atoms with Gasteiger partial charge in [0.15, 0.2) is 4.77 Å². The van der Waals surface area contributed by atoms with Crippen LogP contribution in [0.2, 0.25) is 0 Å². The normalized spacial score (nSPS) is 13.2. The molecule has 1 N–H and O–H groups in total. The highest BCUT2D eigenvalue weighted by molar-refractivity contribution is 7.71. The Labute approximate surface area is 111 Å². The van der Waals surface area contributed by atoms with Crippen LogP contribution in [0.25, 0.3) is 0 Å². The molecule has 0 radical (unpaired) electrons. The summed E-state index contributed by atoms with van der Waals surface area (Å²) in [5.41, 5.74) is 1.29. The van der Waals surface area contributed by atoms with Crippen LogP contribution in [-0.4, -0.2) is 9.55 Å². The van der Waals surface area contributed by atoms with Crippen molar-refractivity contribution in [3.63, 3.8) is 0 Å². The van der Waals surface area contributed by atoms with Crippen molar-refractivity contribution in [2.75, 3.05) is 0 Å². The lowest BCUT2D eigenvalue weighted by Gasteiger charge is -2.20. The second-order valence-electron chi connectivity index (χ2n) is 4.48. The van der Waals surface area contributed by atoms with Gasteiger partial charge in [0.05, 0.1) is 6.04 Å². The molecular weight excluding hydrogens is 248 g/mol. The average molecular weight is 266 g/mol. The van der Waals surface area contributed by atoms with Gasteiger partial charge >= 0.3 is 0 Å². The molecule has 1 unspecified atom stereocenters. The summed E-state index contributed by atoms with van der Waals surface area (Å²) in [4.78, 5) is 4.56. The molecule has 0 bridgehead atoms. The van der Waals surface area contributed by atoms with Crippen LogP contribution >= 0.6 is 23.6 Å². The quantitative estimate of drug-likeness (QED) is 0.793. The van der Waals surface area contributed by atoms with Crippen LogP contribution in [0.4, 0.5) is 0 Å². The summed E-state index contributed by atoms with van der Waals surface area (Å²) >= 11 is 7.22. The Morgan fingerprint density at radius 2 is 2.24 bits per heavy atom. The lowest BCUT2D eigenvalue weighted by molar-refractivity contribution is 0.535. The number of hydrogen-bond acceptors (Lipinski definition) is 2. The van der Waals surface area contributed by atoms with Crippen molar-refractivity contribution >= 4 is 23.6 Å². The number of rotatable bonds is 4. The predicted octanol–water partition coefficient (Wildman–Crippen LogP) is 4.73. The van der Waals surface area contributed by atoms with Crippen LogP contribution in [0.3, 0.4) is 0 Å². The van der Waals surface area contributed by atoms with E-state index in [4.69, 9.17) is 12.2 Å². The molecule has 2 nitrogen and oxygen atoms in total. The van der Waals surface area contributed by atoms with Crippen molar-refractivity contribution in [1.29, 1.82) is 0 Å². The summed E-state index contributed by atoms with van der Waals surface area (Å²) in [5.74, 6) is 0.483. The minimum atomic E-state index is 0.367. The maximum atomic E-state index is 5.42. The zero-order valence-corrected chi connectivity index (χ0v) is 12.1. The molecule has 0 amide bonds. The van der Waals surface area contributed by atoms with Gasteiger partial charge in [0.2, 0.25) is 0 Å². The minimum Gasteiger partial charge on any atom is -0.337 e. The van der Waals surface area contributed by atoms with Crippen LogP contribution < -0.4 is 0 Å². The average Bonchev–Trinajstić information content (AvgIpc) is 2.91. The van der Waals surface area contributed by atoms with Gasteiger partial charge < -0.3 is 9.55 Å². The minimum absolute atomic E-state index is 0.367. The van der Waals surface area contributed by atoms with Gasteiger partial charge in [-0.1, -0.05) is 26.8 Å². The Kier molecular flexibility index (Phi) is 3.84. The van der Waals surface area contributed by atoms with Crippen LogP contribution in [0.1, 0.15) is 49.7 Å². The van der Waals surface area contributed by atoms with E-state index in [1.165, 1.54) is 10.6 Å². The topological polar surface area (TPSA) is 20.7 Å². The highest BCUT2D eigenvalue weighted by Gasteiger charge is 2.18. The zero-order chi connectivity index (χ0) is 12.4. The maximum absolute atomic E-state index is 5.42. The summed E-state index contributed by atoms with van der Waals surface area (Å²) in [5, 5.41) is 2.13. The summed E-state index contributed by atoms with van der Waals surface area (Å²) in [6.07, 6.45) is 3.11. The molecule has 92 valence electrons. The van der Waals surface area contributed by atoms with Crippen LogP contribution in [0, 0.1) is 4.77 Å². The number of imidazole rings is 1. The first kappa shape index (κ1) is 12.6. The molecule has 0 spiro atoms. The van der Waals surface area contributed by atoms with Gasteiger partial charge in [0, 0.05) is 16.8 Å². The fourth-order valence-electron chi connectivity index (χ4n) is 2.15. The zero-order valence-electron chi connectivity index (χ0n) is 10.4. The van der Waals surface area contributed by atoms with E-state index in [0.29, 0.717) is 12.0 Å². The van der Waals surface area contributed by atoms with E-state index < -0.39 is 0 Å². The molecule has 0 fully saturated rings. The Morgan fingerprint density at radius 1 is 1.47 bits per heavy atom. The third-order valence-corrected chi connectivity index (χ3v) is 4.29. The molecular formula is C13H18N2S2. The van der Waals surface area contributed by atoms with E-state index in [-0.39, 0.29) is 0 Å². The van der Waals surface area contributed by atoms with Gasteiger partial charge in [-0.25, -0.2) is 0 Å². The SMILES string of the molecule is CCC(c1cccs1)n1c(C(C)C)c[nH]c1=S. The first-order valence-corrected chi connectivity index (χ1v) is 7.27.